The monoisotopic (exact) mass is 418 g/mol. The summed E-state index contributed by atoms with van der Waals surface area (Å²) < 4.78 is 23.1. The first kappa shape index (κ1) is 21.4. The van der Waals surface area contributed by atoms with Crippen molar-refractivity contribution >= 4 is 17.5 Å². The van der Waals surface area contributed by atoms with Gasteiger partial charge in [0.2, 0.25) is 0 Å². The Morgan fingerprint density at radius 1 is 1.30 bits per heavy atom. The summed E-state index contributed by atoms with van der Waals surface area (Å²) in [6.45, 7) is 6.56. The van der Waals surface area contributed by atoms with E-state index < -0.39 is 41.1 Å². The van der Waals surface area contributed by atoms with Crippen LogP contribution in [0, 0.1) is 34.5 Å². The average molecular weight is 419 g/mol. The zero-order valence-electron chi connectivity index (χ0n) is 18.1. The molecule has 4 rings (SSSR count). The fourth-order valence-electron chi connectivity index (χ4n) is 7.65. The van der Waals surface area contributed by atoms with Gasteiger partial charge in [-0.2, -0.15) is 0 Å². The Labute approximate surface area is 176 Å². The maximum atomic E-state index is 17.4. The van der Waals surface area contributed by atoms with E-state index in [-0.39, 0.29) is 35.7 Å². The number of aliphatic hydroxyl groups is 1. The molecule has 4 aliphatic rings. The summed E-state index contributed by atoms with van der Waals surface area (Å²) >= 11 is 0. The highest BCUT2D eigenvalue weighted by Gasteiger charge is 2.72. The number of alkyl halides is 1. The Bertz CT molecular complexity index is 862. The van der Waals surface area contributed by atoms with E-state index in [2.05, 4.69) is 0 Å². The molecule has 0 heterocycles. The molecule has 1 N–H and O–H groups in total. The van der Waals surface area contributed by atoms with Crippen LogP contribution in [0.15, 0.2) is 23.8 Å². The molecule has 0 aliphatic heterocycles. The van der Waals surface area contributed by atoms with Gasteiger partial charge in [0.15, 0.2) is 17.2 Å². The summed E-state index contributed by atoms with van der Waals surface area (Å²) in [5.41, 5.74) is -2.69. The topological polar surface area (TPSA) is 80.7 Å². The van der Waals surface area contributed by atoms with Gasteiger partial charge in [0, 0.05) is 24.2 Å². The van der Waals surface area contributed by atoms with Gasteiger partial charge in [0.25, 0.3) is 0 Å². The number of carbonyl (C=O) groups excluding carboxylic acids is 3. The molecule has 0 radical (unpaired) electrons. The van der Waals surface area contributed by atoms with Crippen molar-refractivity contribution in [2.24, 2.45) is 34.5 Å². The van der Waals surface area contributed by atoms with E-state index in [4.69, 9.17) is 4.74 Å². The third-order valence-electron chi connectivity index (χ3n) is 8.77. The molecule has 4 aliphatic carbocycles. The minimum Gasteiger partial charge on any atom is -0.459 e. The van der Waals surface area contributed by atoms with E-state index >= 15 is 4.39 Å². The smallest absolute Gasteiger partial charge is 0.303 e. The molecule has 164 valence electrons. The summed E-state index contributed by atoms with van der Waals surface area (Å²) in [6.07, 6.45) is 5.67. The minimum absolute atomic E-state index is 0.0215. The van der Waals surface area contributed by atoms with Crippen molar-refractivity contribution in [2.75, 3.05) is 6.61 Å². The lowest BCUT2D eigenvalue weighted by Crippen LogP contribution is -2.67. The number of esters is 1. The van der Waals surface area contributed by atoms with E-state index in [1.807, 2.05) is 20.8 Å². The molecule has 5 nitrogen and oxygen atoms in total. The number of hydrogen-bond donors (Lipinski definition) is 1. The van der Waals surface area contributed by atoms with Crippen molar-refractivity contribution in [1.29, 1.82) is 0 Å². The second-order valence-corrected chi connectivity index (χ2v) is 10.3. The van der Waals surface area contributed by atoms with Gasteiger partial charge < -0.3 is 9.84 Å². The summed E-state index contributed by atoms with van der Waals surface area (Å²) in [5, 5.41) is 9.57. The SMILES string of the molecule is CC(=O)OC1C[C@@]2(C)[C@@H](C[C@@H](C)[C@@H]2C(=O)CO)[C@@H]2CCC3=CC(=O)C=C[C@]3(C)[C@@]12F. The molecule has 0 aromatic carbocycles. The third-order valence-corrected chi connectivity index (χ3v) is 8.77. The van der Waals surface area contributed by atoms with Crippen molar-refractivity contribution < 1.29 is 28.6 Å². The first-order chi connectivity index (χ1) is 14.0. The zero-order valence-corrected chi connectivity index (χ0v) is 18.1. The number of Topliss-reactive ketones (excluding diaryl/α,β-unsaturated/α-hetero) is 1. The van der Waals surface area contributed by atoms with Crippen molar-refractivity contribution in [1.82, 2.24) is 0 Å². The second-order valence-electron chi connectivity index (χ2n) is 10.3. The standard InChI is InChI=1S/C24H31FO5/c1-13-9-18-17-6-5-15-10-16(28)7-8-23(15,4)24(17,25)20(30-14(2)27)11-22(18,3)21(13)19(29)12-26/h7-8,10,13,17-18,20-21,26H,5-6,9,11-12H2,1-4H3/t13-,17+,18+,20?,21-,22+,23+,24+/m1/s1. The molecule has 0 aromatic heterocycles. The van der Waals surface area contributed by atoms with Gasteiger partial charge in [-0.25, -0.2) is 4.39 Å². The third kappa shape index (κ3) is 2.65. The fourth-order valence-corrected chi connectivity index (χ4v) is 7.65. The number of fused-ring (bicyclic) bond motifs is 5. The number of halogens is 1. The number of aliphatic hydroxyl groups excluding tert-OH is 1. The molecule has 8 atom stereocenters. The number of allylic oxidation sites excluding steroid dienone is 4. The highest BCUT2D eigenvalue weighted by Crippen LogP contribution is 2.70. The molecule has 3 saturated carbocycles. The van der Waals surface area contributed by atoms with Crippen molar-refractivity contribution in [3.63, 3.8) is 0 Å². The molecular formula is C24H31FO5. The van der Waals surface area contributed by atoms with Crippen LogP contribution in [0.4, 0.5) is 4.39 Å². The van der Waals surface area contributed by atoms with Crippen LogP contribution in [0.3, 0.4) is 0 Å². The highest BCUT2D eigenvalue weighted by molar-refractivity contribution is 6.01. The molecular weight excluding hydrogens is 387 g/mol. The first-order valence-electron chi connectivity index (χ1n) is 10.9. The van der Waals surface area contributed by atoms with Gasteiger partial charge in [-0.3, -0.25) is 14.4 Å². The molecule has 0 bridgehead atoms. The van der Waals surface area contributed by atoms with Crippen LogP contribution in [0.1, 0.15) is 53.4 Å². The predicted octanol–water partition coefficient (Wildman–Crippen LogP) is 3.35. The molecule has 0 saturated heterocycles. The van der Waals surface area contributed by atoms with Crippen LogP contribution >= 0.6 is 0 Å². The number of rotatable bonds is 3. The molecule has 3 fully saturated rings. The Morgan fingerprint density at radius 3 is 2.63 bits per heavy atom. The number of hydrogen-bond acceptors (Lipinski definition) is 5. The van der Waals surface area contributed by atoms with E-state index in [1.165, 1.54) is 19.1 Å². The summed E-state index contributed by atoms with van der Waals surface area (Å²) in [6, 6.07) is 0. The summed E-state index contributed by atoms with van der Waals surface area (Å²) in [4.78, 5) is 36.6. The highest BCUT2D eigenvalue weighted by atomic mass is 19.1. The lowest BCUT2D eigenvalue weighted by atomic mass is 9.45. The van der Waals surface area contributed by atoms with E-state index in [0.717, 1.165) is 5.57 Å². The Balaban J connectivity index is 1.86. The maximum absolute atomic E-state index is 17.4. The normalized spacial score (nSPS) is 47.1. The Morgan fingerprint density at radius 2 is 2.00 bits per heavy atom. The Kier molecular flexibility index (Phi) is 4.88. The van der Waals surface area contributed by atoms with Crippen molar-refractivity contribution in [3.8, 4) is 0 Å². The van der Waals surface area contributed by atoms with E-state index in [0.29, 0.717) is 19.3 Å². The molecule has 6 heteroatoms. The maximum Gasteiger partial charge on any atom is 0.303 e. The fraction of sp³-hybridized carbons (Fsp3) is 0.708. The quantitative estimate of drug-likeness (QED) is 0.711. The second kappa shape index (κ2) is 6.84. The molecule has 0 aromatic rings. The van der Waals surface area contributed by atoms with Crippen LogP contribution in [-0.2, 0) is 19.1 Å². The van der Waals surface area contributed by atoms with Gasteiger partial charge in [-0.05, 0) is 62.0 Å². The lowest BCUT2D eigenvalue weighted by molar-refractivity contribution is -0.213. The molecule has 0 spiro atoms. The molecule has 30 heavy (non-hydrogen) atoms. The Hall–Kier alpha value is -1.82. The average Bonchev–Trinajstić information content (AvgIpc) is 2.92. The van der Waals surface area contributed by atoms with Gasteiger partial charge in [0.05, 0.1) is 0 Å². The van der Waals surface area contributed by atoms with Gasteiger partial charge in [0.1, 0.15) is 12.7 Å². The molecule has 1 unspecified atom stereocenters. The molecule has 0 amide bonds. The lowest BCUT2D eigenvalue weighted by Gasteiger charge is -2.62. The number of carbonyl (C=O) groups is 3. The van der Waals surface area contributed by atoms with Crippen LogP contribution in [-0.4, -0.2) is 41.0 Å². The largest absolute Gasteiger partial charge is 0.459 e. The van der Waals surface area contributed by atoms with E-state index in [9.17, 15) is 19.5 Å². The van der Waals surface area contributed by atoms with Gasteiger partial charge >= 0.3 is 5.97 Å². The number of ether oxygens (including phenoxy) is 1. The summed E-state index contributed by atoms with van der Waals surface area (Å²) in [5.74, 6) is -1.74. The van der Waals surface area contributed by atoms with Crippen molar-refractivity contribution in [3.05, 3.63) is 23.8 Å². The zero-order chi connectivity index (χ0) is 22.1. The summed E-state index contributed by atoms with van der Waals surface area (Å²) in [7, 11) is 0. The van der Waals surface area contributed by atoms with Gasteiger partial charge in [-0.1, -0.05) is 25.5 Å². The number of ketones is 2. The van der Waals surface area contributed by atoms with Crippen molar-refractivity contribution in [2.45, 2.75) is 65.2 Å². The minimum atomic E-state index is -1.86. The van der Waals surface area contributed by atoms with Crippen LogP contribution in [0.5, 0.6) is 0 Å². The van der Waals surface area contributed by atoms with Crippen LogP contribution in [0.2, 0.25) is 0 Å². The first-order valence-corrected chi connectivity index (χ1v) is 10.9. The van der Waals surface area contributed by atoms with Gasteiger partial charge in [-0.15, -0.1) is 0 Å². The van der Waals surface area contributed by atoms with E-state index in [1.54, 1.807) is 6.08 Å². The van der Waals surface area contributed by atoms with Crippen LogP contribution in [0.25, 0.3) is 0 Å². The van der Waals surface area contributed by atoms with Crippen LogP contribution < -0.4 is 0 Å². The predicted molar refractivity (Wildman–Crippen MR) is 108 cm³/mol.